The molecular formula is C14H20BrClN2O2S. The third kappa shape index (κ3) is 6.46. The average molecular weight is 396 g/mol. The van der Waals surface area contributed by atoms with Crippen LogP contribution in [0.2, 0.25) is 0 Å². The number of carbonyl (C=O) groups is 1. The Morgan fingerprint density at radius 1 is 1.43 bits per heavy atom. The molecule has 4 nitrogen and oxygen atoms in total. The maximum absolute atomic E-state index is 11.6. The fourth-order valence-corrected chi connectivity index (χ4v) is 2.68. The molecule has 3 N–H and O–H groups in total. The van der Waals surface area contributed by atoms with Gasteiger partial charge in [-0.2, -0.15) is 11.8 Å². The predicted molar refractivity (Wildman–Crippen MR) is 93.4 cm³/mol. The number of ether oxygens (including phenoxy) is 1. The van der Waals surface area contributed by atoms with Crippen molar-refractivity contribution in [3.63, 3.8) is 0 Å². The first-order valence-electron chi connectivity index (χ1n) is 6.63. The van der Waals surface area contributed by atoms with E-state index in [9.17, 15) is 4.79 Å². The van der Waals surface area contributed by atoms with E-state index in [1.165, 1.54) is 0 Å². The molecule has 7 heteroatoms. The fourth-order valence-electron chi connectivity index (χ4n) is 1.65. The van der Waals surface area contributed by atoms with E-state index in [0.717, 1.165) is 34.6 Å². The van der Waals surface area contributed by atoms with Gasteiger partial charge in [-0.05, 0) is 31.0 Å². The van der Waals surface area contributed by atoms with E-state index in [1.54, 1.807) is 11.8 Å². The first-order valence-corrected chi connectivity index (χ1v) is 8.58. The van der Waals surface area contributed by atoms with Crippen molar-refractivity contribution in [3.8, 4) is 5.75 Å². The molecule has 21 heavy (non-hydrogen) atoms. The summed E-state index contributed by atoms with van der Waals surface area (Å²) in [4.78, 5) is 11.6. The highest BCUT2D eigenvalue weighted by molar-refractivity contribution is 9.10. The predicted octanol–water partition coefficient (Wildman–Crippen LogP) is 2.59. The van der Waals surface area contributed by atoms with Crippen LogP contribution in [-0.2, 0) is 4.79 Å². The summed E-state index contributed by atoms with van der Waals surface area (Å²) in [5.41, 5.74) is 5.23. The Kier molecular flexibility index (Phi) is 7.87. The van der Waals surface area contributed by atoms with E-state index < -0.39 is 5.54 Å². The number of hydrogen-bond donors (Lipinski definition) is 2. The number of halogens is 2. The van der Waals surface area contributed by atoms with Gasteiger partial charge < -0.3 is 15.8 Å². The summed E-state index contributed by atoms with van der Waals surface area (Å²) in [6.45, 7) is 1.33. The molecule has 0 aliphatic heterocycles. The number of nitrogens with one attached hydrogen (secondary N) is 1. The molecule has 1 saturated carbocycles. The zero-order valence-corrected chi connectivity index (χ0v) is 14.9. The lowest BCUT2D eigenvalue weighted by molar-refractivity contribution is -0.123. The van der Waals surface area contributed by atoms with Crippen molar-refractivity contribution >= 4 is 46.0 Å². The lowest BCUT2D eigenvalue weighted by Crippen LogP contribution is -2.43. The summed E-state index contributed by atoms with van der Waals surface area (Å²) in [6.07, 6.45) is 1.62. The second-order valence-corrected chi connectivity index (χ2v) is 6.97. The smallest absolute Gasteiger partial charge is 0.240 e. The lowest BCUT2D eigenvalue weighted by Gasteiger charge is -2.10. The van der Waals surface area contributed by atoms with E-state index in [4.69, 9.17) is 10.5 Å². The number of amides is 1. The van der Waals surface area contributed by atoms with Crippen LogP contribution in [0.15, 0.2) is 28.7 Å². The van der Waals surface area contributed by atoms with Gasteiger partial charge in [0.1, 0.15) is 5.75 Å². The first kappa shape index (κ1) is 18.6. The first-order chi connectivity index (χ1) is 9.60. The molecule has 1 aromatic carbocycles. The van der Waals surface area contributed by atoms with Crippen LogP contribution in [0.4, 0.5) is 0 Å². The number of benzene rings is 1. The van der Waals surface area contributed by atoms with Crippen LogP contribution < -0.4 is 15.8 Å². The Morgan fingerprint density at radius 3 is 2.86 bits per heavy atom. The highest BCUT2D eigenvalue weighted by atomic mass is 79.9. The molecule has 0 heterocycles. The third-order valence-electron chi connectivity index (χ3n) is 3.07. The lowest BCUT2D eigenvalue weighted by atomic mass is 10.3. The van der Waals surface area contributed by atoms with Crippen molar-refractivity contribution in [3.05, 3.63) is 28.7 Å². The zero-order chi connectivity index (χ0) is 14.4. The maximum atomic E-state index is 11.6. The molecule has 0 radical (unpaired) electrons. The van der Waals surface area contributed by atoms with Gasteiger partial charge in [-0.15, -0.1) is 12.4 Å². The summed E-state index contributed by atoms with van der Waals surface area (Å²) in [5.74, 6) is 2.63. The van der Waals surface area contributed by atoms with Gasteiger partial charge in [0.2, 0.25) is 5.91 Å². The van der Waals surface area contributed by atoms with Gasteiger partial charge in [-0.25, -0.2) is 0 Å². The molecule has 2 rings (SSSR count). The molecule has 0 spiro atoms. The van der Waals surface area contributed by atoms with Crippen molar-refractivity contribution in [2.75, 3.05) is 24.7 Å². The summed E-state index contributed by atoms with van der Waals surface area (Å²) < 4.78 is 6.64. The summed E-state index contributed by atoms with van der Waals surface area (Å²) in [7, 11) is 0. The highest BCUT2D eigenvalue weighted by Gasteiger charge is 2.45. The quantitative estimate of drug-likeness (QED) is 0.664. The monoisotopic (exact) mass is 394 g/mol. The van der Waals surface area contributed by atoms with Gasteiger partial charge in [-0.1, -0.05) is 22.0 Å². The summed E-state index contributed by atoms with van der Waals surface area (Å²) in [5, 5.41) is 2.87. The summed E-state index contributed by atoms with van der Waals surface area (Å²) in [6, 6.07) is 7.80. The molecule has 1 amide bonds. The Balaban J connectivity index is 0.00000220. The molecule has 0 atom stereocenters. The van der Waals surface area contributed by atoms with E-state index >= 15 is 0 Å². The van der Waals surface area contributed by atoms with Crippen LogP contribution in [0.5, 0.6) is 5.75 Å². The number of rotatable bonds is 8. The van der Waals surface area contributed by atoms with Gasteiger partial charge in [0.05, 0.1) is 12.1 Å². The fraction of sp³-hybridized carbons (Fsp3) is 0.500. The minimum atomic E-state index is -0.561. The molecule has 0 unspecified atom stereocenters. The van der Waals surface area contributed by atoms with E-state index in [0.29, 0.717) is 13.2 Å². The Hall–Kier alpha value is -0.430. The molecule has 0 bridgehead atoms. The average Bonchev–Trinajstić information content (AvgIpc) is 3.17. The molecule has 1 aliphatic carbocycles. The van der Waals surface area contributed by atoms with Crippen LogP contribution in [0.3, 0.4) is 0 Å². The van der Waals surface area contributed by atoms with E-state index in [-0.39, 0.29) is 18.3 Å². The second kappa shape index (κ2) is 8.88. The van der Waals surface area contributed by atoms with Crippen LogP contribution in [0.25, 0.3) is 0 Å². The normalized spacial score (nSPS) is 15.0. The minimum absolute atomic E-state index is 0. The van der Waals surface area contributed by atoms with Crippen molar-refractivity contribution in [1.82, 2.24) is 5.32 Å². The molecule has 0 saturated heterocycles. The second-order valence-electron chi connectivity index (χ2n) is 4.83. The van der Waals surface area contributed by atoms with Gasteiger partial charge in [0.15, 0.2) is 0 Å². The van der Waals surface area contributed by atoms with Gasteiger partial charge in [0, 0.05) is 22.5 Å². The van der Waals surface area contributed by atoms with Gasteiger partial charge >= 0.3 is 0 Å². The van der Waals surface area contributed by atoms with Gasteiger partial charge in [0.25, 0.3) is 0 Å². The highest BCUT2D eigenvalue weighted by Crippen LogP contribution is 2.31. The Bertz CT molecular complexity index is 472. The van der Waals surface area contributed by atoms with Crippen LogP contribution in [-0.4, -0.2) is 36.1 Å². The van der Waals surface area contributed by atoms with Crippen molar-refractivity contribution in [2.45, 2.75) is 18.4 Å². The van der Waals surface area contributed by atoms with E-state index in [2.05, 4.69) is 21.2 Å². The van der Waals surface area contributed by atoms with Crippen LogP contribution in [0.1, 0.15) is 12.8 Å². The number of carbonyl (C=O) groups excluding carboxylic acids is 1. The maximum Gasteiger partial charge on any atom is 0.240 e. The summed E-state index contributed by atoms with van der Waals surface area (Å²) >= 11 is 5.16. The molecule has 1 aliphatic rings. The Labute approximate surface area is 144 Å². The number of hydrogen-bond acceptors (Lipinski definition) is 4. The van der Waals surface area contributed by atoms with Crippen LogP contribution in [0, 0.1) is 0 Å². The molecule has 1 aromatic rings. The molecule has 118 valence electrons. The zero-order valence-electron chi connectivity index (χ0n) is 11.6. The van der Waals surface area contributed by atoms with Crippen molar-refractivity contribution in [2.24, 2.45) is 5.73 Å². The third-order valence-corrected chi connectivity index (χ3v) is 4.51. The SMILES string of the molecule is Cl.NC1(C(=O)NCCSCCOc2cccc(Br)c2)CC1. The van der Waals surface area contributed by atoms with E-state index in [1.807, 2.05) is 24.3 Å². The van der Waals surface area contributed by atoms with Gasteiger partial charge in [-0.3, -0.25) is 4.79 Å². The minimum Gasteiger partial charge on any atom is -0.493 e. The Morgan fingerprint density at radius 2 is 2.19 bits per heavy atom. The number of thioether (sulfide) groups is 1. The standard InChI is InChI=1S/C14H19BrN2O2S.ClH/c15-11-2-1-3-12(10-11)19-7-9-20-8-6-17-13(18)14(16)4-5-14;/h1-3,10H,4-9,16H2,(H,17,18);1H. The molecular weight excluding hydrogens is 376 g/mol. The topological polar surface area (TPSA) is 64.4 Å². The molecule has 0 aromatic heterocycles. The van der Waals surface area contributed by atoms with Crippen molar-refractivity contribution < 1.29 is 9.53 Å². The van der Waals surface area contributed by atoms with Crippen LogP contribution >= 0.6 is 40.1 Å². The van der Waals surface area contributed by atoms with Crippen molar-refractivity contribution in [1.29, 1.82) is 0 Å². The largest absolute Gasteiger partial charge is 0.493 e. The molecule has 1 fully saturated rings. The number of nitrogens with two attached hydrogens (primary N) is 1.